The number of carbonyl (C=O) groups excluding carboxylic acids is 1. The van der Waals surface area contributed by atoms with Crippen LogP contribution in [0.25, 0.3) is 0 Å². The molecule has 0 atom stereocenters. The first-order valence-corrected chi connectivity index (χ1v) is 13.1. The highest BCUT2D eigenvalue weighted by molar-refractivity contribution is 7.80. The van der Waals surface area contributed by atoms with Crippen molar-refractivity contribution in [2.75, 3.05) is 61.2 Å². The molecule has 2 aliphatic rings. The minimum atomic E-state index is -0.00666. The van der Waals surface area contributed by atoms with E-state index in [4.69, 9.17) is 31.2 Å². The SMILES string of the molecule is COc1ccc(OC)c(C(=O)N2CCC3(CC2)CCN(C(=S)NCCc2ccc(OC)c(OC)c2)C3)c1. The van der Waals surface area contributed by atoms with Gasteiger partial charge in [0.2, 0.25) is 0 Å². The summed E-state index contributed by atoms with van der Waals surface area (Å²) in [7, 11) is 6.47. The van der Waals surface area contributed by atoms with E-state index in [0.717, 1.165) is 80.6 Å². The van der Waals surface area contributed by atoms with Crippen LogP contribution in [-0.4, -0.2) is 82.0 Å². The van der Waals surface area contributed by atoms with Gasteiger partial charge in [0.15, 0.2) is 16.6 Å². The van der Waals surface area contributed by atoms with Crippen molar-refractivity contribution in [2.45, 2.75) is 25.7 Å². The Morgan fingerprint density at radius 2 is 1.51 bits per heavy atom. The highest BCUT2D eigenvalue weighted by atomic mass is 32.1. The van der Waals surface area contributed by atoms with Crippen LogP contribution in [0, 0.1) is 5.41 Å². The van der Waals surface area contributed by atoms with Gasteiger partial charge in [0.05, 0.1) is 34.0 Å². The van der Waals surface area contributed by atoms with Crippen LogP contribution in [0.2, 0.25) is 0 Å². The molecule has 1 amide bonds. The Hall–Kier alpha value is -3.20. The van der Waals surface area contributed by atoms with Crippen molar-refractivity contribution < 1.29 is 23.7 Å². The van der Waals surface area contributed by atoms with E-state index >= 15 is 0 Å². The average Bonchev–Trinajstić information content (AvgIpc) is 3.35. The fourth-order valence-electron chi connectivity index (χ4n) is 5.31. The molecule has 2 saturated heterocycles. The molecule has 0 radical (unpaired) electrons. The summed E-state index contributed by atoms with van der Waals surface area (Å²) in [5.41, 5.74) is 1.91. The molecule has 8 nitrogen and oxygen atoms in total. The van der Waals surface area contributed by atoms with E-state index in [0.29, 0.717) is 17.1 Å². The second-order valence-corrected chi connectivity index (χ2v) is 10.1. The topological polar surface area (TPSA) is 72.5 Å². The Kier molecular flexibility index (Phi) is 8.63. The van der Waals surface area contributed by atoms with Gasteiger partial charge in [-0.3, -0.25) is 4.79 Å². The minimum absolute atomic E-state index is 0.00666. The number of benzene rings is 2. The van der Waals surface area contributed by atoms with Crippen molar-refractivity contribution in [3.63, 3.8) is 0 Å². The second kappa shape index (κ2) is 11.9. The van der Waals surface area contributed by atoms with Gasteiger partial charge >= 0.3 is 0 Å². The first-order valence-electron chi connectivity index (χ1n) is 12.7. The van der Waals surface area contributed by atoms with Crippen LogP contribution in [0.1, 0.15) is 35.2 Å². The van der Waals surface area contributed by atoms with Crippen molar-refractivity contribution in [3.8, 4) is 23.0 Å². The minimum Gasteiger partial charge on any atom is -0.497 e. The first kappa shape index (κ1) is 26.9. The second-order valence-electron chi connectivity index (χ2n) is 9.70. The number of hydrogen-bond donors (Lipinski definition) is 1. The molecule has 9 heteroatoms. The van der Waals surface area contributed by atoms with E-state index in [-0.39, 0.29) is 11.3 Å². The van der Waals surface area contributed by atoms with E-state index in [1.807, 2.05) is 23.1 Å². The monoisotopic (exact) mass is 527 g/mol. The third-order valence-electron chi connectivity index (χ3n) is 7.61. The molecule has 37 heavy (non-hydrogen) atoms. The Morgan fingerprint density at radius 3 is 2.16 bits per heavy atom. The van der Waals surface area contributed by atoms with Gasteiger partial charge in [-0.1, -0.05) is 6.07 Å². The lowest BCUT2D eigenvalue weighted by Gasteiger charge is -2.39. The zero-order valence-electron chi connectivity index (χ0n) is 22.2. The van der Waals surface area contributed by atoms with Crippen LogP contribution in [0.5, 0.6) is 23.0 Å². The third kappa shape index (κ3) is 6.04. The number of amides is 1. The molecular formula is C28H37N3O5S. The largest absolute Gasteiger partial charge is 0.497 e. The predicted octanol–water partition coefficient (Wildman–Crippen LogP) is 3.77. The van der Waals surface area contributed by atoms with Gasteiger partial charge in [-0.05, 0) is 79.2 Å². The normalized spacial score (nSPS) is 16.4. The van der Waals surface area contributed by atoms with Crippen LogP contribution < -0.4 is 24.3 Å². The number of carbonyl (C=O) groups is 1. The van der Waals surface area contributed by atoms with Gasteiger partial charge in [-0.25, -0.2) is 0 Å². The number of nitrogens with one attached hydrogen (secondary N) is 1. The molecule has 1 N–H and O–H groups in total. The molecule has 0 bridgehead atoms. The number of methoxy groups -OCH3 is 4. The average molecular weight is 528 g/mol. The summed E-state index contributed by atoms with van der Waals surface area (Å²) in [6.45, 7) is 4.08. The van der Waals surface area contributed by atoms with Crippen molar-refractivity contribution in [2.24, 2.45) is 5.41 Å². The Morgan fingerprint density at radius 1 is 0.865 bits per heavy atom. The van der Waals surface area contributed by atoms with E-state index in [1.165, 1.54) is 0 Å². The number of piperidine rings is 1. The van der Waals surface area contributed by atoms with Gasteiger partial charge in [0.1, 0.15) is 11.5 Å². The maximum Gasteiger partial charge on any atom is 0.257 e. The van der Waals surface area contributed by atoms with Crippen LogP contribution in [0.15, 0.2) is 36.4 Å². The molecule has 2 heterocycles. The zero-order chi connectivity index (χ0) is 26.4. The number of ether oxygens (including phenoxy) is 4. The van der Waals surface area contributed by atoms with Gasteiger partial charge in [-0.2, -0.15) is 0 Å². The maximum atomic E-state index is 13.3. The summed E-state index contributed by atoms with van der Waals surface area (Å²) in [5.74, 6) is 2.68. The van der Waals surface area contributed by atoms with Crippen molar-refractivity contribution in [1.29, 1.82) is 0 Å². The van der Waals surface area contributed by atoms with Gasteiger partial charge in [0.25, 0.3) is 5.91 Å². The summed E-state index contributed by atoms with van der Waals surface area (Å²) in [5, 5.41) is 4.23. The van der Waals surface area contributed by atoms with Crippen molar-refractivity contribution >= 4 is 23.2 Å². The number of likely N-dealkylation sites (tertiary alicyclic amines) is 2. The molecule has 1 spiro atoms. The summed E-state index contributed by atoms with van der Waals surface area (Å²) in [6, 6.07) is 11.3. The van der Waals surface area contributed by atoms with Crippen LogP contribution in [0.3, 0.4) is 0 Å². The van der Waals surface area contributed by atoms with E-state index < -0.39 is 0 Å². The lowest BCUT2D eigenvalue weighted by molar-refractivity contribution is 0.0595. The summed E-state index contributed by atoms with van der Waals surface area (Å²) in [4.78, 5) is 17.5. The highest BCUT2D eigenvalue weighted by Crippen LogP contribution is 2.41. The van der Waals surface area contributed by atoms with Crippen LogP contribution in [-0.2, 0) is 6.42 Å². The zero-order valence-corrected chi connectivity index (χ0v) is 23.0. The molecule has 0 aromatic heterocycles. The molecule has 2 aromatic carbocycles. The molecule has 2 aliphatic heterocycles. The van der Waals surface area contributed by atoms with Crippen molar-refractivity contribution in [3.05, 3.63) is 47.5 Å². The Balaban J connectivity index is 1.27. The number of nitrogens with zero attached hydrogens (tertiary/aromatic N) is 2. The fraction of sp³-hybridized carbons (Fsp3) is 0.500. The van der Waals surface area contributed by atoms with Crippen molar-refractivity contribution in [1.82, 2.24) is 15.1 Å². The van der Waals surface area contributed by atoms with E-state index in [1.54, 1.807) is 46.6 Å². The Labute approximate surface area is 224 Å². The number of thiocarbonyl (C=S) groups is 1. The molecule has 4 rings (SSSR count). The molecule has 0 saturated carbocycles. The fourth-order valence-corrected chi connectivity index (χ4v) is 5.57. The Bertz CT molecular complexity index is 1120. The van der Waals surface area contributed by atoms with Crippen LogP contribution in [0.4, 0.5) is 0 Å². The highest BCUT2D eigenvalue weighted by Gasteiger charge is 2.42. The van der Waals surface area contributed by atoms with Crippen LogP contribution >= 0.6 is 12.2 Å². The lowest BCUT2D eigenvalue weighted by Crippen LogP contribution is -2.46. The number of hydrogen-bond acceptors (Lipinski definition) is 6. The molecule has 2 aromatic rings. The van der Waals surface area contributed by atoms with Gasteiger partial charge < -0.3 is 34.1 Å². The predicted molar refractivity (Wildman–Crippen MR) is 147 cm³/mol. The smallest absolute Gasteiger partial charge is 0.257 e. The first-order chi connectivity index (χ1) is 17.9. The molecule has 2 fully saturated rings. The molecule has 0 unspecified atom stereocenters. The third-order valence-corrected chi connectivity index (χ3v) is 8.01. The van der Waals surface area contributed by atoms with Gasteiger partial charge in [0, 0.05) is 32.7 Å². The van der Waals surface area contributed by atoms with Gasteiger partial charge in [-0.15, -0.1) is 0 Å². The standard InChI is InChI=1S/C28H37N3O5S/c1-33-21-6-8-23(34-2)22(18-21)26(32)30-14-10-28(11-15-30)12-16-31(19-28)27(37)29-13-9-20-5-7-24(35-3)25(17-20)36-4/h5-8,17-18H,9-16,19H2,1-4H3,(H,29,37). The molecule has 0 aliphatic carbocycles. The van der Waals surface area contributed by atoms with E-state index in [9.17, 15) is 4.79 Å². The quantitative estimate of drug-likeness (QED) is 0.521. The van der Waals surface area contributed by atoms with E-state index in [2.05, 4.69) is 10.2 Å². The summed E-state index contributed by atoms with van der Waals surface area (Å²) < 4.78 is 21.5. The number of rotatable bonds is 8. The maximum absolute atomic E-state index is 13.3. The molecule has 200 valence electrons. The summed E-state index contributed by atoms with van der Waals surface area (Å²) in [6.07, 6.45) is 3.87. The lowest BCUT2D eigenvalue weighted by atomic mass is 9.77. The summed E-state index contributed by atoms with van der Waals surface area (Å²) >= 11 is 5.73. The molecular weight excluding hydrogens is 490 g/mol.